The van der Waals surface area contributed by atoms with Crippen molar-refractivity contribution in [2.75, 3.05) is 33.2 Å². The summed E-state index contributed by atoms with van der Waals surface area (Å²) in [5.74, 6) is 0.837. The van der Waals surface area contributed by atoms with Crippen LogP contribution in [0.25, 0.3) is 0 Å². The molecule has 0 saturated carbocycles. The van der Waals surface area contributed by atoms with Gasteiger partial charge in [-0.15, -0.1) is 0 Å². The van der Waals surface area contributed by atoms with E-state index in [1.54, 1.807) is 0 Å². The fourth-order valence-electron chi connectivity index (χ4n) is 2.64. The number of likely N-dealkylation sites (N-methyl/N-ethyl adjacent to an activating group) is 1. The molecule has 2 rings (SSSR count). The molecule has 4 nitrogen and oxygen atoms in total. The zero-order valence-corrected chi connectivity index (χ0v) is 12.3. The van der Waals surface area contributed by atoms with Gasteiger partial charge in [-0.1, -0.05) is 30.3 Å². The molecule has 1 saturated heterocycles. The largest absolute Gasteiger partial charge is 0.340 e. The van der Waals surface area contributed by atoms with E-state index in [0.717, 1.165) is 32.5 Å². The van der Waals surface area contributed by atoms with Crippen LogP contribution in [0.2, 0.25) is 0 Å². The highest BCUT2D eigenvalue weighted by atomic mass is 16.2. The summed E-state index contributed by atoms with van der Waals surface area (Å²) in [7, 11) is 1.88. The average Bonchev–Trinajstić information content (AvgIpc) is 2.49. The number of nitrogens with two attached hydrogens (primary N) is 1. The molecule has 4 heteroatoms. The molecular formula is C16H25N3O. The van der Waals surface area contributed by atoms with Gasteiger partial charge in [-0.05, 0) is 44.0 Å². The molecule has 20 heavy (non-hydrogen) atoms. The lowest BCUT2D eigenvalue weighted by atomic mass is 9.97. The van der Waals surface area contributed by atoms with Crippen LogP contribution in [0.3, 0.4) is 0 Å². The van der Waals surface area contributed by atoms with Crippen LogP contribution >= 0.6 is 0 Å². The zero-order chi connectivity index (χ0) is 14.4. The first-order valence-corrected chi connectivity index (χ1v) is 7.39. The van der Waals surface area contributed by atoms with Crippen molar-refractivity contribution < 1.29 is 4.79 Å². The molecule has 1 aromatic carbocycles. The van der Waals surface area contributed by atoms with E-state index in [0.29, 0.717) is 19.0 Å². The third-order valence-electron chi connectivity index (χ3n) is 4.09. The molecule has 0 atom stereocenters. The Hall–Kier alpha value is -1.39. The topological polar surface area (TPSA) is 49.6 Å². The van der Waals surface area contributed by atoms with Gasteiger partial charge in [0.25, 0.3) is 0 Å². The Labute approximate surface area is 121 Å². The molecule has 1 aliphatic rings. The fraction of sp³-hybridized carbons (Fsp3) is 0.562. The lowest BCUT2D eigenvalue weighted by molar-refractivity contribution is -0.132. The molecule has 2 N–H and O–H groups in total. The van der Waals surface area contributed by atoms with E-state index in [2.05, 4.69) is 17.0 Å². The molecule has 0 aliphatic carbocycles. The molecule has 0 unspecified atom stereocenters. The van der Waals surface area contributed by atoms with Crippen LogP contribution in [0.4, 0.5) is 0 Å². The second kappa shape index (κ2) is 7.41. The van der Waals surface area contributed by atoms with Gasteiger partial charge in [-0.3, -0.25) is 9.69 Å². The van der Waals surface area contributed by atoms with Crippen molar-refractivity contribution in [3.05, 3.63) is 35.9 Å². The minimum Gasteiger partial charge on any atom is -0.340 e. The van der Waals surface area contributed by atoms with Crippen LogP contribution in [-0.2, 0) is 11.3 Å². The Kier molecular flexibility index (Phi) is 5.56. The predicted molar refractivity (Wildman–Crippen MR) is 81.1 cm³/mol. The molecule has 0 radical (unpaired) electrons. The van der Waals surface area contributed by atoms with Gasteiger partial charge in [-0.25, -0.2) is 0 Å². The molecule has 0 spiro atoms. The van der Waals surface area contributed by atoms with Gasteiger partial charge in [0.15, 0.2) is 0 Å². The summed E-state index contributed by atoms with van der Waals surface area (Å²) in [6.45, 7) is 3.97. The van der Waals surface area contributed by atoms with Crippen LogP contribution in [0.5, 0.6) is 0 Å². The third-order valence-corrected chi connectivity index (χ3v) is 4.09. The number of carbonyl (C=O) groups excluding carboxylic acids is 1. The second-order valence-corrected chi connectivity index (χ2v) is 5.69. The number of nitrogens with zero attached hydrogens (tertiary/aromatic N) is 2. The number of benzene rings is 1. The van der Waals surface area contributed by atoms with Crippen molar-refractivity contribution in [1.82, 2.24) is 9.80 Å². The van der Waals surface area contributed by atoms with Gasteiger partial charge in [0.1, 0.15) is 0 Å². The Bertz CT molecular complexity index is 413. The van der Waals surface area contributed by atoms with Crippen molar-refractivity contribution in [3.8, 4) is 0 Å². The van der Waals surface area contributed by atoms with Gasteiger partial charge in [-0.2, -0.15) is 0 Å². The quantitative estimate of drug-likeness (QED) is 0.881. The molecule has 1 aliphatic heterocycles. The zero-order valence-electron chi connectivity index (χ0n) is 12.3. The molecule has 1 amide bonds. The van der Waals surface area contributed by atoms with E-state index in [9.17, 15) is 4.79 Å². The SMILES string of the molecule is CN(Cc1ccccc1)C(=O)CN1CCC(CN)CC1. The summed E-state index contributed by atoms with van der Waals surface area (Å²) >= 11 is 0. The summed E-state index contributed by atoms with van der Waals surface area (Å²) in [5, 5.41) is 0. The number of hydrogen-bond acceptors (Lipinski definition) is 3. The monoisotopic (exact) mass is 275 g/mol. The van der Waals surface area contributed by atoms with Crippen LogP contribution in [-0.4, -0.2) is 48.9 Å². The molecule has 1 aromatic rings. The Morgan fingerprint density at radius 1 is 1.30 bits per heavy atom. The molecule has 0 aromatic heterocycles. The molecule has 0 bridgehead atoms. The number of likely N-dealkylation sites (tertiary alicyclic amines) is 1. The maximum Gasteiger partial charge on any atom is 0.236 e. The first-order valence-electron chi connectivity index (χ1n) is 7.39. The van der Waals surface area contributed by atoms with Crippen molar-refractivity contribution in [2.45, 2.75) is 19.4 Å². The van der Waals surface area contributed by atoms with Crippen molar-refractivity contribution in [1.29, 1.82) is 0 Å². The third kappa shape index (κ3) is 4.32. The molecule has 110 valence electrons. The van der Waals surface area contributed by atoms with Gasteiger partial charge < -0.3 is 10.6 Å². The summed E-state index contributed by atoms with van der Waals surface area (Å²) in [6, 6.07) is 10.1. The smallest absolute Gasteiger partial charge is 0.236 e. The minimum atomic E-state index is 0.194. The number of carbonyl (C=O) groups is 1. The Morgan fingerprint density at radius 3 is 2.55 bits per heavy atom. The molecule has 1 heterocycles. The van der Waals surface area contributed by atoms with Gasteiger partial charge in [0.05, 0.1) is 6.54 Å². The van der Waals surface area contributed by atoms with Gasteiger partial charge in [0.2, 0.25) is 5.91 Å². The number of rotatable bonds is 5. The highest BCUT2D eigenvalue weighted by Gasteiger charge is 2.21. The summed E-state index contributed by atoms with van der Waals surface area (Å²) in [4.78, 5) is 16.3. The van der Waals surface area contributed by atoms with Crippen molar-refractivity contribution in [2.24, 2.45) is 11.7 Å². The molecule has 1 fully saturated rings. The van der Waals surface area contributed by atoms with Crippen LogP contribution in [0.1, 0.15) is 18.4 Å². The van der Waals surface area contributed by atoms with Crippen LogP contribution < -0.4 is 5.73 Å². The Morgan fingerprint density at radius 2 is 1.95 bits per heavy atom. The summed E-state index contributed by atoms with van der Waals surface area (Å²) in [5.41, 5.74) is 6.86. The highest BCUT2D eigenvalue weighted by Crippen LogP contribution is 2.15. The van der Waals surface area contributed by atoms with E-state index < -0.39 is 0 Å². The predicted octanol–water partition coefficient (Wildman–Crippen LogP) is 1.32. The lowest BCUT2D eigenvalue weighted by Gasteiger charge is -2.31. The number of piperidine rings is 1. The maximum absolute atomic E-state index is 12.2. The normalized spacial score (nSPS) is 17.1. The van der Waals surface area contributed by atoms with E-state index in [1.165, 1.54) is 5.56 Å². The maximum atomic E-state index is 12.2. The van der Waals surface area contributed by atoms with E-state index >= 15 is 0 Å². The fourth-order valence-corrected chi connectivity index (χ4v) is 2.64. The van der Waals surface area contributed by atoms with Crippen LogP contribution in [0, 0.1) is 5.92 Å². The standard InChI is InChI=1S/C16H25N3O/c1-18(12-15-5-3-2-4-6-15)16(20)13-19-9-7-14(11-17)8-10-19/h2-6,14H,7-13,17H2,1H3. The van der Waals surface area contributed by atoms with E-state index in [-0.39, 0.29) is 5.91 Å². The first kappa shape index (κ1) is 15.0. The number of amides is 1. The van der Waals surface area contributed by atoms with Gasteiger partial charge >= 0.3 is 0 Å². The van der Waals surface area contributed by atoms with E-state index in [1.807, 2.05) is 30.1 Å². The highest BCUT2D eigenvalue weighted by molar-refractivity contribution is 5.78. The van der Waals surface area contributed by atoms with E-state index in [4.69, 9.17) is 5.73 Å². The van der Waals surface area contributed by atoms with Crippen LogP contribution in [0.15, 0.2) is 30.3 Å². The molecular weight excluding hydrogens is 250 g/mol. The Balaban J connectivity index is 1.77. The summed E-state index contributed by atoms with van der Waals surface area (Å²) < 4.78 is 0. The summed E-state index contributed by atoms with van der Waals surface area (Å²) in [6.07, 6.45) is 2.23. The van der Waals surface area contributed by atoms with Crippen molar-refractivity contribution in [3.63, 3.8) is 0 Å². The van der Waals surface area contributed by atoms with Gasteiger partial charge in [0, 0.05) is 13.6 Å². The van der Waals surface area contributed by atoms with Crippen molar-refractivity contribution >= 4 is 5.91 Å². The average molecular weight is 275 g/mol. The second-order valence-electron chi connectivity index (χ2n) is 5.69. The lowest BCUT2D eigenvalue weighted by Crippen LogP contribution is -2.42. The first-order chi connectivity index (χ1) is 9.69. The number of hydrogen-bond donors (Lipinski definition) is 1. The minimum absolute atomic E-state index is 0.194.